The van der Waals surface area contributed by atoms with Crippen molar-refractivity contribution in [2.24, 2.45) is 0 Å². The van der Waals surface area contributed by atoms with Crippen LogP contribution < -0.4 is 10.6 Å². The highest BCUT2D eigenvalue weighted by atomic mass is 19.1. The Hall–Kier alpha value is -1.42. The third-order valence-corrected chi connectivity index (χ3v) is 4.40. The lowest BCUT2D eigenvalue weighted by atomic mass is 9.71. The van der Waals surface area contributed by atoms with Gasteiger partial charge in [0.15, 0.2) is 0 Å². The maximum Gasteiger partial charge on any atom is 0.259 e. The maximum absolute atomic E-state index is 14.4. The number of amides is 1. The summed E-state index contributed by atoms with van der Waals surface area (Å²) >= 11 is 0. The number of alkyl halides is 1. The quantitative estimate of drug-likeness (QED) is 0.873. The summed E-state index contributed by atoms with van der Waals surface area (Å²) in [7, 11) is 0. The van der Waals surface area contributed by atoms with Crippen molar-refractivity contribution in [2.75, 3.05) is 13.1 Å². The minimum Gasteiger partial charge on any atom is -0.344 e. The molecule has 19 heavy (non-hydrogen) atoms. The van der Waals surface area contributed by atoms with E-state index in [1.165, 1.54) is 0 Å². The van der Waals surface area contributed by atoms with Crippen LogP contribution >= 0.6 is 0 Å². The van der Waals surface area contributed by atoms with Crippen LogP contribution in [0, 0.1) is 0 Å². The number of halogens is 1. The lowest BCUT2D eigenvalue weighted by Gasteiger charge is -2.44. The lowest BCUT2D eigenvalue weighted by Crippen LogP contribution is -2.57. The van der Waals surface area contributed by atoms with Crippen molar-refractivity contribution >= 4 is 5.91 Å². The molecule has 0 radical (unpaired) electrons. The van der Waals surface area contributed by atoms with E-state index in [0.29, 0.717) is 6.54 Å². The molecule has 1 saturated carbocycles. The van der Waals surface area contributed by atoms with Gasteiger partial charge in [0.05, 0.1) is 5.54 Å². The molecule has 1 saturated heterocycles. The minimum absolute atomic E-state index is 0.129. The van der Waals surface area contributed by atoms with Crippen molar-refractivity contribution in [2.45, 2.75) is 36.9 Å². The molecule has 0 spiro atoms. The van der Waals surface area contributed by atoms with Crippen LogP contribution in [0.3, 0.4) is 0 Å². The zero-order chi connectivity index (χ0) is 13.3. The number of rotatable bonds is 3. The molecule has 0 unspecified atom stereocenters. The zero-order valence-electron chi connectivity index (χ0n) is 10.9. The van der Waals surface area contributed by atoms with Crippen LogP contribution in [0.4, 0.5) is 4.39 Å². The fourth-order valence-corrected chi connectivity index (χ4v) is 2.96. The molecule has 3 nitrogen and oxygen atoms in total. The Bertz CT molecular complexity index is 464. The highest BCUT2D eigenvalue weighted by Gasteiger charge is 2.47. The number of hydrogen-bond acceptors (Lipinski definition) is 2. The van der Waals surface area contributed by atoms with E-state index in [1.54, 1.807) is 0 Å². The summed E-state index contributed by atoms with van der Waals surface area (Å²) in [5.41, 5.74) is -0.999. The molecule has 1 atom stereocenters. The molecular formula is C15H19FN2O. The van der Waals surface area contributed by atoms with Gasteiger partial charge in [0.1, 0.15) is 0 Å². The summed E-state index contributed by atoms with van der Waals surface area (Å²) in [5, 5.41) is 5.89. The molecule has 2 fully saturated rings. The summed E-state index contributed by atoms with van der Waals surface area (Å²) < 4.78 is 14.4. The van der Waals surface area contributed by atoms with E-state index in [0.717, 1.165) is 24.8 Å². The second kappa shape index (κ2) is 4.60. The topological polar surface area (TPSA) is 41.1 Å². The molecule has 1 aromatic carbocycles. The third kappa shape index (κ3) is 2.14. The van der Waals surface area contributed by atoms with Crippen molar-refractivity contribution in [1.29, 1.82) is 0 Å². The van der Waals surface area contributed by atoms with Gasteiger partial charge in [0.2, 0.25) is 5.67 Å². The highest BCUT2D eigenvalue weighted by molar-refractivity contribution is 5.86. The average molecular weight is 262 g/mol. The molecule has 2 N–H and O–H groups in total. The number of hydrogen-bond donors (Lipinski definition) is 2. The summed E-state index contributed by atoms with van der Waals surface area (Å²) in [6.45, 7) is 0.700. The summed E-state index contributed by atoms with van der Waals surface area (Å²) in [5.74, 6) is -0.457. The summed E-state index contributed by atoms with van der Waals surface area (Å²) in [6.07, 6.45) is 3.13. The molecule has 1 aromatic rings. The number of nitrogens with one attached hydrogen (secondary N) is 2. The monoisotopic (exact) mass is 262 g/mol. The molecule has 1 amide bonds. The molecule has 2 aliphatic rings. The Morgan fingerprint density at radius 2 is 1.95 bits per heavy atom. The molecule has 1 aliphatic carbocycles. The highest BCUT2D eigenvalue weighted by Crippen LogP contribution is 2.41. The van der Waals surface area contributed by atoms with E-state index in [-0.39, 0.29) is 18.5 Å². The van der Waals surface area contributed by atoms with Gasteiger partial charge in [-0.05, 0) is 31.4 Å². The predicted octanol–water partition coefficient (Wildman–Crippen LogP) is 1.88. The van der Waals surface area contributed by atoms with E-state index in [1.807, 2.05) is 30.3 Å². The number of carbonyl (C=O) groups excluding carboxylic acids is 1. The Labute approximate surface area is 112 Å². The first-order valence-electron chi connectivity index (χ1n) is 6.93. The first-order valence-corrected chi connectivity index (χ1v) is 6.93. The van der Waals surface area contributed by atoms with E-state index < -0.39 is 11.6 Å². The van der Waals surface area contributed by atoms with Gasteiger partial charge in [-0.1, -0.05) is 30.3 Å². The standard InChI is InChI=1S/C15H19FN2O/c16-14(9-10-17-11-14)13(19)18-15(7-4-8-15)12-5-2-1-3-6-12/h1-3,5-6,17H,4,7-11H2,(H,18,19)/t14-/m0/s1. The Morgan fingerprint density at radius 3 is 2.47 bits per heavy atom. The Balaban J connectivity index is 1.79. The molecular weight excluding hydrogens is 243 g/mol. The maximum atomic E-state index is 14.4. The fraction of sp³-hybridized carbons (Fsp3) is 0.533. The first-order chi connectivity index (χ1) is 9.15. The largest absolute Gasteiger partial charge is 0.344 e. The van der Waals surface area contributed by atoms with Crippen molar-refractivity contribution in [3.8, 4) is 0 Å². The molecule has 4 heteroatoms. The van der Waals surface area contributed by atoms with Gasteiger partial charge in [-0.2, -0.15) is 0 Å². The van der Waals surface area contributed by atoms with Crippen molar-refractivity contribution in [1.82, 2.24) is 10.6 Å². The lowest BCUT2D eigenvalue weighted by molar-refractivity contribution is -0.135. The van der Waals surface area contributed by atoms with Crippen molar-refractivity contribution < 1.29 is 9.18 Å². The first kappa shape index (κ1) is 12.6. The van der Waals surface area contributed by atoms with Gasteiger partial charge in [-0.15, -0.1) is 0 Å². The van der Waals surface area contributed by atoms with Crippen LogP contribution in [0.15, 0.2) is 30.3 Å². The zero-order valence-corrected chi connectivity index (χ0v) is 10.9. The van der Waals surface area contributed by atoms with Gasteiger partial charge in [0.25, 0.3) is 5.91 Å². The fourth-order valence-electron chi connectivity index (χ4n) is 2.96. The van der Waals surface area contributed by atoms with Crippen LogP contribution in [-0.2, 0) is 10.3 Å². The van der Waals surface area contributed by atoms with Crippen molar-refractivity contribution in [3.05, 3.63) is 35.9 Å². The predicted molar refractivity (Wildman–Crippen MR) is 71.4 cm³/mol. The van der Waals surface area contributed by atoms with Crippen LogP contribution in [-0.4, -0.2) is 24.7 Å². The van der Waals surface area contributed by atoms with Crippen LogP contribution in [0.5, 0.6) is 0 Å². The molecule has 0 bridgehead atoms. The number of benzene rings is 1. The van der Waals surface area contributed by atoms with E-state index >= 15 is 0 Å². The van der Waals surface area contributed by atoms with Crippen molar-refractivity contribution in [3.63, 3.8) is 0 Å². The van der Waals surface area contributed by atoms with Gasteiger partial charge in [0, 0.05) is 13.0 Å². The Kier molecular flexibility index (Phi) is 3.05. The summed E-state index contributed by atoms with van der Waals surface area (Å²) in [4.78, 5) is 12.2. The second-order valence-electron chi connectivity index (χ2n) is 5.65. The van der Waals surface area contributed by atoms with Crippen LogP contribution in [0.1, 0.15) is 31.2 Å². The molecule has 102 valence electrons. The van der Waals surface area contributed by atoms with Gasteiger partial charge in [-0.25, -0.2) is 4.39 Å². The average Bonchev–Trinajstić information content (AvgIpc) is 2.83. The summed E-state index contributed by atoms with van der Waals surface area (Å²) in [6, 6.07) is 9.90. The third-order valence-electron chi connectivity index (χ3n) is 4.40. The smallest absolute Gasteiger partial charge is 0.259 e. The van der Waals surface area contributed by atoms with E-state index in [2.05, 4.69) is 10.6 Å². The normalized spacial score (nSPS) is 28.7. The second-order valence-corrected chi connectivity index (χ2v) is 5.65. The van der Waals surface area contributed by atoms with Gasteiger partial charge >= 0.3 is 0 Å². The molecule has 0 aromatic heterocycles. The SMILES string of the molecule is O=C(NC1(c2ccccc2)CCC1)[C@]1(F)CCNC1. The molecule has 3 rings (SSSR count). The van der Waals surface area contributed by atoms with Crippen LogP contribution in [0.2, 0.25) is 0 Å². The molecule has 1 aliphatic heterocycles. The van der Waals surface area contributed by atoms with Crippen LogP contribution in [0.25, 0.3) is 0 Å². The van der Waals surface area contributed by atoms with E-state index in [4.69, 9.17) is 0 Å². The van der Waals surface area contributed by atoms with E-state index in [9.17, 15) is 9.18 Å². The molecule has 1 heterocycles. The number of carbonyl (C=O) groups is 1. The van der Waals surface area contributed by atoms with Gasteiger partial charge in [-0.3, -0.25) is 4.79 Å². The minimum atomic E-state index is -1.74. The van der Waals surface area contributed by atoms with Gasteiger partial charge < -0.3 is 10.6 Å². The Morgan fingerprint density at radius 1 is 1.21 bits per heavy atom.